The highest BCUT2D eigenvalue weighted by Gasteiger charge is 2.15. The van der Waals surface area contributed by atoms with Crippen LogP contribution in [0.25, 0.3) is 0 Å². The summed E-state index contributed by atoms with van der Waals surface area (Å²) in [5.41, 5.74) is 2.45. The van der Waals surface area contributed by atoms with Gasteiger partial charge >= 0.3 is 0 Å². The lowest BCUT2D eigenvalue weighted by Crippen LogP contribution is -2.29. The molecule has 21 heavy (non-hydrogen) atoms. The number of halogens is 2. The van der Waals surface area contributed by atoms with Gasteiger partial charge in [0, 0.05) is 35.4 Å². The lowest BCUT2D eigenvalue weighted by atomic mass is 9.92. The lowest BCUT2D eigenvalue weighted by molar-refractivity contribution is 0.526. The van der Waals surface area contributed by atoms with Crippen molar-refractivity contribution in [1.29, 1.82) is 0 Å². The Bertz CT molecular complexity index is 587. The minimum atomic E-state index is 0.379. The van der Waals surface area contributed by atoms with Gasteiger partial charge in [-0.15, -0.1) is 0 Å². The van der Waals surface area contributed by atoms with E-state index in [1.165, 1.54) is 5.56 Å². The fourth-order valence-electron chi connectivity index (χ4n) is 2.28. The van der Waals surface area contributed by atoms with Gasteiger partial charge in [0.15, 0.2) is 0 Å². The van der Waals surface area contributed by atoms with Gasteiger partial charge in [-0.1, -0.05) is 53.5 Å². The van der Waals surface area contributed by atoms with Crippen LogP contribution in [0.3, 0.4) is 0 Å². The smallest absolute Gasteiger partial charge is 0.0621 e. The van der Waals surface area contributed by atoms with Crippen molar-refractivity contribution in [1.82, 2.24) is 10.3 Å². The topological polar surface area (TPSA) is 24.9 Å². The van der Waals surface area contributed by atoms with Crippen LogP contribution < -0.4 is 5.32 Å². The molecular formula is C17H20BrClN2. The van der Waals surface area contributed by atoms with Gasteiger partial charge in [0.1, 0.15) is 0 Å². The second-order valence-corrected chi connectivity index (χ2v) is 6.81. The molecule has 1 unspecified atom stereocenters. The first-order chi connectivity index (χ1) is 10.1. The zero-order valence-electron chi connectivity index (χ0n) is 12.3. The Kier molecular flexibility index (Phi) is 6.22. The molecule has 0 aliphatic rings. The van der Waals surface area contributed by atoms with Gasteiger partial charge in [-0.05, 0) is 35.7 Å². The lowest BCUT2D eigenvalue weighted by Gasteiger charge is -2.20. The molecule has 1 heterocycles. The summed E-state index contributed by atoms with van der Waals surface area (Å²) in [6, 6.07) is 11.0. The molecule has 1 atom stereocenters. The summed E-state index contributed by atoms with van der Waals surface area (Å²) in [7, 11) is 0. The molecule has 0 spiro atoms. The predicted octanol–water partition coefficient (Wildman–Crippen LogP) is 4.82. The minimum Gasteiger partial charge on any atom is -0.314 e. The summed E-state index contributed by atoms with van der Waals surface area (Å²) >= 11 is 9.81. The normalized spacial score (nSPS) is 12.6. The third-order valence-corrected chi connectivity index (χ3v) is 4.25. The Balaban J connectivity index is 2.21. The number of rotatable bonds is 6. The fourth-order valence-corrected chi connectivity index (χ4v) is 2.89. The predicted molar refractivity (Wildman–Crippen MR) is 93.0 cm³/mol. The van der Waals surface area contributed by atoms with Crippen LogP contribution in [0.1, 0.15) is 30.9 Å². The van der Waals surface area contributed by atoms with E-state index in [1.807, 2.05) is 6.07 Å². The Morgan fingerprint density at radius 3 is 2.76 bits per heavy atom. The molecule has 1 aromatic carbocycles. The zero-order chi connectivity index (χ0) is 15.2. The van der Waals surface area contributed by atoms with Crippen LogP contribution in [-0.2, 0) is 6.42 Å². The Labute approximate surface area is 140 Å². The van der Waals surface area contributed by atoms with Gasteiger partial charge in [0.05, 0.1) is 5.02 Å². The van der Waals surface area contributed by atoms with Crippen LogP contribution in [0, 0.1) is 0 Å². The van der Waals surface area contributed by atoms with Crippen LogP contribution in [0.5, 0.6) is 0 Å². The summed E-state index contributed by atoms with van der Waals surface area (Å²) < 4.78 is 1.11. The Morgan fingerprint density at radius 1 is 1.29 bits per heavy atom. The van der Waals surface area contributed by atoms with E-state index in [-0.39, 0.29) is 0 Å². The number of pyridine rings is 1. The number of hydrogen-bond donors (Lipinski definition) is 1. The molecule has 4 heteroatoms. The number of aromatic nitrogens is 1. The summed E-state index contributed by atoms with van der Waals surface area (Å²) in [4.78, 5) is 4.06. The number of hydrogen-bond acceptors (Lipinski definition) is 2. The van der Waals surface area contributed by atoms with Crippen LogP contribution in [-0.4, -0.2) is 17.6 Å². The molecule has 0 saturated carbocycles. The standard InChI is InChI=1S/C17H20BrClN2/c1-12(2)21-10-15(13-4-3-5-16(18)9-13)8-14-6-7-20-11-17(14)19/h3-7,9,11-12,15,21H,8,10H2,1-2H3. The van der Waals surface area contributed by atoms with Gasteiger partial charge in [-0.2, -0.15) is 0 Å². The summed E-state index contributed by atoms with van der Waals surface area (Å²) in [6.45, 7) is 5.25. The largest absolute Gasteiger partial charge is 0.314 e. The summed E-state index contributed by atoms with van der Waals surface area (Å²) in [5.74, 6) is 0.379. The maximum absolute atomic E-state index is 6.26. The van der Waals surface area contributed by atoms with Crippen molar-refractivity contribution < 1.29 is 0 Å². The number of nitrogens with one attached hydrogen (secondary N) is 1. The quantitative estimate of drug-likeness (QED) is 0.791. The molecular weight excluding hydrogens is 348 g/mol. The average Bonchev–Trinajstić information content (AvgIpc) is 2.45. The van der Waals surface area contributed by atoms with Gasteiger partial charge in [0.25, 0.3) is 0 Å². The third kappa shape index (κ3) is 5.10. The Morgan fingerprint density at radius 2 is 2.10 bits per heavy atom. The van der Waals surface area contributed by atoms with E-state index in [1.54, 1.807) is 12.4 Å². The summed E-state index contributed by atoms with van der Waals surface area (Å²) in [6.07, 6.45) is 4.41. The molecule has 0 radical (unpaired) electrons. The molecule has 0 aliphatic carbocycles. The van der Waals surface area contributed by atoms with E-state index >= 15 is 0 Å². The molecule has 0 bridgehead atoms. The van der Waals surface area contributed by atoms with Crippen molar-refractivity contribution in [2.45, 2.75) is 32.2 Å². The molecule has 1 N–H and O–H groups in total. The number of benzene rings is 1. The van der Waals surface area contributed by atoms with Gasteiger partial charge in [-0.3, -0.25) is 4.98 Å². The molecule has 0 saturated heterocycles. The van der Waals surface area contributed by atoms with Crippen LogP contribution in [0.15, 0.2) is 47.2 Å². The maximum Gasteiger partial charge on any atom is 0.0621 e. The molecule has 1 aromatic heterocycles. The first-order valence-corrected chi connectivity index (χ1v) is 8.30. The molecule has 0 aliphatic heterocycles. The molecule has 2 nitrogen and oxygen atoms in total. The summed E-state index contributed by atoms with van der Waals surface area (Å²) in [5, 5.41) is 4.27. The van der Waals surface area contributed by atoms with Crippen LogP contribution in [0.4, 0.5) is 0 Å². The van der Waals surface area contributed by atoms with E-state index in [2.05, 4.69) is 64.3 Å². The van der Waals surface area contributed by atoms with Crippen molar-refractivity contribution in [2.75, 3.05) is 6.54 Å². The second kappa shape index (κ2) is 7.92. The second-order valence-electron chi connectivity index (χ2n) is 5.49. The highest BCUT2D eigenvalue weighted by atomic mass is 79.9. The van der Waals surface area contributed by atoms with Crippen LogP contribution >= 0.6 is 27.5 Å². The van der Waals surface area contributed by atoms with E-state index < -0.39 is 0 Å². The van der Waals surface area contributed by atoms with Crippen molar-refractivity contribution in [3.63, 3.8) is 0 Å². The number of nitrogens with zero attached hydrogens (tertiary/aromatic N) is 1. The van der Waals surface area contributed by atoms with E-state index in [4.69, 9.17) is 11.6 Å². The third-order valence-electron chi connectivity index (χ3n) is 3.42. The fraction of sp³-hybridized carbons (Fsp3) is 0.353. The van der Waals surface area contributed by atoms with Gasteiger partial charge in [-0.25, -0.2) is 0 Å². The SMILES string of the molecule is CC(C)NCC(Cc1ccncc1Cl)c1cccc(Br)c1. The maximum atomic E-state index is 6.26. The molecule has 2 aromatic rings. The Hall–Kier alpha value is -0.900. The van der Waals surface area contributed by atoms with E-state index in [0.29, 0.717) is 12.0 Å². The molecule has 112 valence electrons. The molecule has 2 rings (SSSR count). The van der Waals surface area contributed by atoms with Gasteiger partial charge in [0.2, 0.25) is 0 Å². The van der Waals surface area contributed by atoms with Gasteiger partial charge < -0.3 is 5.32 Å². The zero-order valence-corrected chi connectivity index (χ0v) is 14.7. The van der Waals surface area contributed by atoms with Crippen molar-refractivity contribution in [3.05, 3.63) is 63.3 Å². The molecule has 0 fully saturated rings. The van der Waals surface area contributed by atoms with Crippen molar-refractivity contribution >= 4 is 27.5 Å². The van der Waals surface area contributed by atoms with E-state index in [0.717, 1.165) is 28.0 Å². The van der Waals surface area contributed by atoms with Crippen molar-refractivity contribution in [2.24, 2.45) is 0 Å². The first-order valence-electron chi connectivity index (χ1n) is 7.13. The van der Waals surface area contributed by atoms with Crippen LogP contribution in [0.2, 0.25) is 5.02 Å². The van der Waals surface area contributed by atoms with E-state index in [9.17, 15) is 0 Å². The van der Waals surface area contributed by atoms with Crippen molar-refractivity contribution in [3.8, 4) is 0 Å². The first kappa shape index (κ1) is 16.5. The highest BCUT2D eigenvalue weighted by Crippen LogP contribution is 2.26. The minimum absolute atomic E-state index is 0.379. The molecule has 0 amide bonds. The average molecular weight is 368 g/mol. The monoisotopic (exact) mass is 366 g/mol. The highest BCUT2D eigenvalue weighted by molar-refractivity contribution is 9.10.